The molecule has 0 heterocycles. The molecule has 0 aliphatic heterocycles. The molecule has 0 amide bonds. The van der Waals surface area contributed by atoms with Gasteiger partial charge in [-0.2, -0.15) is 13.2 Å². The van der Waals surface area contributed by atoms with E-state index >= 15 is 0 Å². The molecule has 3 nitrogen and oxygen atoms in total. The summed E-state index contributed by atoms with van der Waals surface area (Å²) in [6, 6.07) is 3.56. The molecule has 0 aliphatic rings. The van der Waals surface area contributed by atoms with Crippen LogP contribution in [0, 0.1) is 5.82 Å². The summed E-state index contributed by atoms with van der Waals surface area (Å²) in [4.78, 5) is 0. The zero-order valence-electron chi connectivity index (χ0n) is 9.43. The lowest BCUT2D eigenvalue weighted by Crippen LogP contribution is -2.23. The van der Waals surface area contributed by atoms with Gasteiger partial charge in [0.15, 0.2) is 0 Å². The summed E-state index contributed by atoms with van der Waals surface area (Å²) in [5, 5.41) is 11.9. The van der Waals surface area contributed by atoms with E-state index in [0.717, 1.165) is 6.07 Å². The van der Waals surface area contributed by atoms with Crippen LogP contribution in [0.15, 0.2) is 18.2 Å². The first-order valence-corrected chi connectivity index (χ1v) is 5.20. The highest BCUT2D eigenvalue weighted by molar-refractivity contribution is 5.28. The average Bonchev–Trinajstić information content (AvgIpc) is 2.20. The Hall–Kier alpha value is -1.34. The maximum absolute atomic E-state index is 12.9. The number of halogens is 4. The maximum Gasteiger partial charge on any atom is 0.411 e. The molecule has 7 heteroatoms. The molecule has 0 unspecified atom stereocenters. The van der Waals surface area contributed by atoms with Crippen molar-refractivity contribution in [3.05, 3.63) is 29.6 Å². The zero-order chi connectivity index (χ0) is 13.6. The van der Waals surface area contributed by atoms with Gasteiger partial charge in [0, 0.05) is 19.2 Å². The van der Waals surface area contributed by atoms with E-state index in [4.69, 9.17) is 5.11 Å². The first-order chi connectivity index (χ1) is 8.37. The molecule has 18 heavy (non-hydrogen) atoms. The zero-order valence-corrected chi connectivity index (χ0v) is 9.43. The fraction of sp³-hybridized carbons (Fsp3) is 0.455. The van der Waals surface area contributed by atoms with Crippen molar-refractivity contribution in [2.75, 3.05) is 19.8 Å². The van der Waals surface area contributed by atoms with Crippen LogP contribution < -0.4 is 5.32 Å². The molecule has 0 saturated carbocycles. The first-order valence-electron chi connectivity index (χ1n) is 5.20. The van der Waals surface area contributed by atoms with E-state index in [1.165, 1.54) is 12.1 Å². The van der Waals surface area contributed by atoms with Crippen molar-refractivity contribution in [2.24, 2.45) is 0 Å². The monoisotopic (exact) mass is 267 g/mol. The number of benzene rings is 1. The number of phenols is 1. The van der Waals surface area contributed by atoms with E-state index < -0.39 is 18.6 Å². The normalized spacial score (nSPS) is 11.8. The van der Waals surface area contributed by atoms with Gasteiger partial charge in [-0.25, -0.2) is 4.39 Å². The van der Waals surface area contributed by atoms with Gasteiger partial charge in [0.1, 0.15) is 18.2 Å². The SMILES string of the molecule is Oc1cc(F)cc(CNCCOCC(F)(F)F)c1. The third-order valence-electron chi connectivity index (χ3n) is 1.96. The Balaban J connectivity index is 2.18. The fourth-order valence-electron chi connectivity index (χ4n) is 1.30. The second-order valence-electron chi connectivity index (χ2n) is 3.66. The maximum atomic E-state index is 12.9. The van der Waals surface area contributed by atoms with E-state index in [1.807, 2.05) is 0 Å². The number of aromatic hydroxyl groups is 1. The summed E-state index contributed by atoms with van der Waals surface area (Å²) >= 11 is 0. The Morgan fingerprint density at radius 3 is 2.56 bits per heavy atom. The topological polar surface area (TPSA) is 41.5 Å². The molecular weight excluding hydrogens is 254 g/mol. The van der Waals surface area contributed by atoms with Gasteiger partial charge in [-0.05, 0) is 17.7 Å². The molecule has 1 rings (SSSR count). The molecule has 0 aromatic heterocycles. The number of rotatable bonds is 6. The summed E-state index contributed by atoms with van der Waals surface area (Å²) < 4.78 is 52.3. The van der Waals surface area contributed by atoms with Gasteiger partial charge in [-0.15, -0.1) is 0 Å². The van der Waals surface area contributed by atoms with Gasteiger partial charge in [0.2, 0.25) is 0 Å². The number of nitrogens with one attached hydrogen (secondary N) is 1. The number of hydrogen-bond donors (Lipinski definition) is 2. The van der Waals surface area contributed by atoms with Crippen LogP contribution in [-0.4, -0.2) is 31.0 Å². The Labute approximate surface area is 101 Å². The standard InChI is InChI=1S/C11H13F4NO2/c12-9-3-8(4-10(17)5-9)6-16-1-2-18-7-11(13,14)15/h3-5,16-17H,1-2,6-7H2. The van der Waals surface area contributed by atoms with E-state index in [9.17, 15) is 17.6 Å². The molecule has 102 valence electrons. The summed E-state index contributed by atoms with van der Waals surface area (Å²) in [7, 11) is 0. The highest BCUT2D eigenvalue weighted by atomic mass is 19.4. The minimum absolute atomic E-state index is 0.0964. The minimum Gasteiger partial charge on any atom is -0.508 e. The predicted molar refractivity (Wildman–Crippen MR) is 56.6 cm³/mol. The lowest BCUT2D eigenvalue weighted by atomic mass is 10.2. The Morgan fingerprint density at radius 1 is 1.22 bits per heavy atom. The summed E-state index contributed by atoms with van der Waals surface area (Å²) in [6.45, 7) is -0.940. The van der Waals surface area contributed by atoms with Crippen molar-refractivity contribution in [1.29, 1.82) is 0 Å². The molecule has 0 saturated heterocycles. The van der Waals surface area contributed by atoms with Crippen LogP contribution >= 0.6 is 0 Å². The highest BCUT2D eigenvalue weighted by Gasteiger charge is 2.27. The Kier molecular flexibility index (Phi) is 5.36. The van der Waals surface area contributed by atoms with E-state index in [0.29, 0.717) is 5.56 Å². The average molecular weight is 267 g/mol. The predicted octanol–water partition coefficient (Wildman–Crippen LogP) is 2.20. The van der Waals surface area contributed by atoms with Crippen LogP contribution in [-0.2, 0) is 11.3 Å². The van der Waals surface area contributed by atoms with Crippen LogP contribution in [0.2, 0.25) is 0 Å². The molecule has 1 aromatic rings. The highest BCUT2D eigenvalue weighted by Crippen LogP contribution is 2.15. The molecule has 1 aromatic carbocycles. The van der Waals surface area contributed by atoms with Crippen molar-refractivity contribution in [1.82, 2.24) is 5.32 Å². The summed E-state index contributed by atoms with van der Waals surface area (Å²) in [5.41, 5.74) is 0.503. The van der Waals surface area contributed by atoms with Gasteiger partial charge in [-0.1, -0.05) is 0 Å². The van der Waals surface area contributed by atoms with Crippen molar-refractivity contribution < 1.29 is 27.4 Å². The van der Waals surface area contributed by atoms with E-state index in [-0.39, 0.29) is 25.4 Å². The van der Waals surface area contributed by atoms with Gasteiger partial charge >= 0.3 is 6.18 Å². The molecule has 0 aliphatic carbocycles. The summed E-state index contributed by atoms with van der Waals surface area (Å²) in [5.74, 6) is -0.764. The molecule has 0 spiro atoms. The second kappa shape index (κ2) is 6.55. The van der Waals surface area contributed by atoms with Gasteiger partial charge in [-0.3, -0.25) is 0 Å². The molecule has 0 bridgehead atoms. The lowest BCUT2D eigenvalue weighted by Gasteiger charge is -2.08. The van der Waals surface area contributed by atoms with Crippen molar-refractivity contribution in [3.8, 4) is 5.75 Å². The molecule has 0 fully saturated rings. The van der Waals surface area contributed by atoms with Crippen LogP contribution in [0.5, 0.6) is 5.75 Å². The van der Waals surface area contributed by atoms with Gasteiger partial charge < -0.3 is 15.2 Å². The van der Waals surface area contributed by atoms with Crippen LogP contribution in [0.3, 0.4) is 0 Å². The Bertz CT molecular complexity index is 362. The lowest BCUT2D eigenvalue weighted by molar-refractivity contribution is -0.173. The van der Waals surface area contributed by atoms with E-state index in [1.54, 1.807) is 0 Å². The van der Waals surface area contributed by atoms with Crippen molar-refractivity contribution in [2.45, 2.75) is 12.7 Å². The smallest absolute Gasteiger partial charge is 0.411 e. The second-order valence-corrected chi connectivity index (χ2v) is 3.66. The largest absolute Gasteiger partial charge is 0.508 e. The van der Waals surface area contributed by atoms with Crippen molar-refractivity contribution >= 4 is 0 Å². The molecule has 2 N–H and O–H groups in total. The third-order valence-corrected chi connectivity index (χ3v) is 1.96. The minimum atomic E-state index is -4.33. The fourth-order valence-corrected chi connectivity index (χ4v) is 1.30. The van der Waals surface area contributed by atoms with Crippen LogP contribution in [0.4, 0.5) is 17.6 Å². The van der Waals surface area contributed by atoms with Crippen molar-refractivity contribution in [3.63, 3.8) is 0 Å². The van der Waals surface area contributed by atoms with Crippen LogP contribution in [0.1, 0.15) is 5.56 Å². The van der Waals surface area contributed by atoms with E-state index in [2.05, 4.69) is 10.1 Å². The van der Waals surface area contributed by atoms with Crippen LogP contribution in [0.25, 0.3) is 0 Å². The Morgan fingerprint density at radius 2 is 1.94 bits per heavy atom. The third kappa shape index (κ3) is 6.41. The molecule has 0 atom stereocenters. The quantitative estimate of drug-likeness (QED) is 0.613. The van der Waals surface area contributed by atoms with Gasteiger partial charge in [0.05, 0.1) is 6.61 Å². The number of ether oxygens (including phenoxy) is 1. The number of phenolic OH excluding ortho intramolecular Hbond substituents is 1. The summed E-state index contributed by atoms with van der Waals surface area (Å²) in [6.07, 6.45) is -4.33. The number of alkyl halides is 3. The van der Waals surface area contributed by atoms with Gasteiger partial charge in [0.25, 0.3) is 0 Å². The molecular formula is C11H13F4NO2. The number of hydrogen-bond acceptors (Lipinski definition) is 3. The molecule has 0 radical (unpaired) electrons. The first kappa shape index (κ1) is 14.7.